The minimum atomic E-state index is -3.18. The lowest BCUT2D eigenvalue weighted by Gasteiger charge is -2.14. The first kappa shape index (κ1) is 31.6. The molecule has 1 aliphatic carbocycles. The second-order valence-electron chi connectivity index (χ2n) is 10.7. The van der Waals surface area contributed by atoms with Gasteiger partial charge in [-0.15, -0.1) is 0 Å². The van der Waals surface area contributed by atoms with Gasteiger partial charge in [-0.3, -0.25) is 0 Å². The third kappa shape index (κ3) is 10.5. The van der Waals surface area contributed by atoms with Crippen LogP contribution in [0.15, 0.2) is 47.4 Å². The minimum absolute atomic E-state index is 0.0393. The fourth-order valence-corrected chi connectivity index (χ4v) is 7.11. The molecule has 1 aliphatic rings. The van der Waals surface area contributed by atoms with Crippen molar-refractivity contribution in [2.45, 2.75) is 99.9 Å². The van der Waals surface area contributed by atoms with Crippen LogP contribution < -0.4 is 5.32 Å². The molecule has 218 valence electrons. The zero-order chi connectivity index (χ0) is 27.9. The molecule has 0 unspecified atom stereocenters. The van der Waals surface area contributed by atoms with Crippen LogP contribution >= 0.6 is 0 Å². The first-order valence-corrected chi connectivity index (χ1v) is 16.2. The van der Waals surface area contributed by atoms with E-state index in [9.17, 15) is 23.7 Å². The molecular weight excluding hydrogens is 514 g/mol. The maximum atomic E-state index is 12.8. The van der Waals surface area contributed by atoms with Crippen molar-refractivity contribution in [3.05, 3.63) is 59.2 Å². The van der Waals surface area contributed by atoms with Crippen molar-refractivity contribution >= 4 is 9.84 Å². The second kappa shape index (κ2) is 17.0. The molecule has 4 N–H and O–H groups in total. The molecule has 0 amide bonds. The molecule has 0 saturated heterocycles. The Labute approximate surface area is 234 Å². The zero-order valence-electron chi connectivity index (χ0n) is 23.2. The highest BCUT2D eigenvalue weighted by Crippen LogP contribution is 2.30. The molecule has 1 saturated carbocycles. The van der Waals surface area contributed by atoms with Crippen molar-refractivity contribution in [3.63, 3.8) is 0 Å². The quantitative estimate of drug-likeness (QED) is 0.174. The number of hydrogen-bond donors (Lipinski definition) is 4. The van der Waals surface area contributed by atoms with Crippen LogP contribution in [0.1, 0.15) is 93.4 Å². The molecule has 3 rings (SSSR count). The minimum Gasteiger partial charge on any atom is -0.508 e. The maximum Gasteiger partial charge on any atom is 0.181 e. The highest BCUT2D eigenvalue weighted by atomic mass is 32.2. The summed E-state index contributed by atoms with van der Waals surface area (Å²) in [5.41, 5.74) is 2.21. The van der Waals surface area contributed by atoms with Gasteiger partial charge in [0.1, 0.15) is 5.75 Å². The molecule has 1 fully saturated rings. The SMILES string of the molecule is O=S(=O)(c1cccc(CCCCCOCCCCCCNC[C@H](O)c2ccc(O)c(CO)c2)c1)C1CCCC1. The van der Waals surface area contributed by atoms with Crippen molar-refractivity contribution in [3.8, 4) is 5.75 Å². The smallest absolute Gasteiger partial charge is 0.181 e. The van der Waals surface area contributed by atoms with Crippen LogP contribution in [0.3, 0.4) is 0 Å². The van der Waals surface area contributed by atoms with Crippen LogP contribution in [0.25, 0.3) is 0 Å². The predicted octanol–water partition coefficient (Wildman–Crippen LogP) is 5.21. The average molecular weight is 562 g/mol. The molecule has 0 aliphatic heterocycles. The van der Waals surface area contributed by atoms with Crippen LogP contribution in [-0.2, 0) is 27.6 Å². The molecule has 1 atom stereocenters. The van der Waals surface area contributed by atoms with E-state index in [0.29, 0.717) is 22.6 Å². The Morgan fingerprint density at radius 3 is 2.38 bits per heavy atom. The molecular formula is C31H47NO6S. The van der Waals surface area contributed by atoms with E-state index in [1.807, 2.05) is 18.2 Å². The molecule has 39 heavy (non-hydrogen) atoms. The third-order valence-corrected chi connectivity index (χ3v) is 9.87. The fraction of sp³-hybridized carbons (Fsp3) is 0.613. The van der Waals surface area contributed by atoms with Crippen LogP contribution in [0.2, 0.25) is 0 Å². The van der Waals surface area contributed by atoms with Gasteiger partial charge >= 0.3 is 0 Å². The lowest BCUT2D eigenvalue weighted by atomic mass is 10.1. The molecule has 0 aromatic heterocycles. The number of aryl methyl sites for hydroxylation is 1. The van der Waals surface area contributed by atoms with Gasteiger partial charge in [0.15, 0.2) is 9.84 Å². The summed E-state index contributed by atoms with van der Waals surface area (Å²) < 4.78 is 31.4. The number of nitrogens with one attached hydrogen (secondary N) is 1. The van der Waals surface area contributed by atoms with Crippen molar-refractivity contribution in [2.24, 2.45) is 0 Å². The van der Waals surface area contributed by atoms with Crippen molar-refractivity contribution in [1.29, 1.82) is 0 Å². The monoisotopic (exact) mass is 561 g/mol. The molecule has 0 heterocycles. The van der Waals surface area contributed by atoms with E-state index in [1.165, 1.54) is 6.07 Å². The summed E-state index contributed by atoms with van der Waals surface area (Å²) in [6.07, 6.45) is 11.3. The maximum absolute atomic E-state index is 12.8. The van der Waals surface area contributed by atoms with Gasteiger partial charge in [-0.05, 0) is 86.9 Å². The van der Waals surface area contributed by atoms with Gasteiger partial charge in [0.05, 0.1) is 22.9 Å². The summed E-state index contributed by atoms with van der Waals surface area (Å²) in [4.78, 5) is 0.495. The van der Waals surface area contributed by atoms with E-state index < -0.39 is 15.9 Å². The average Bonchev–Trinajstić information content (AvgIpc) is 3.50. The van der Waals surface area contributed by atoms with Crippen LogP contribution in [-0.4, -0.2) is 55.3 Å². The number of benzene rings is 2. The van der Waals surface area contributed by atoms with Gasteiger partial charge in [-0.2, -0.15) is 0 Å². The summed E-state index contributed by atoms with van der Waals surface area (Å²) in [7, 11) is -3.18. The predicted molar refractivity (Wildman–Crippen MR) is 155 cm³/mol. The number of aromatic hydroxyl groups is 1. The standard InChI is InChI=1S/C31H47NO6S/c33-24-27-22-26(16-17-30(27)34)31(35)23-32-18-7-1-2-8-19-38-20-9-3-4-11-25-12-10-15-29(21-25)39(36,37)28-13-5-6-14-28/h10,12,15-17,21-22,28,31-35H,1-9,11,13-14,18-20,23-24H2/t31-/m0/s1. The van der Waals surface area contributed by atoms with Crippen molar-refractivity contribution < 1.29 is 28.5 Å². The number of rotatable bonds is 19. The van der Waals surface area contributed by atoms with Crippen molar-refractivity contribution in [2.75, 3.05) is 26.3 Å². The highest BCUT2D eigenvalue weighted by Gasteiger charge is 2.30. The van der Waals surface area contributed by atoms with E-state index in [4.69, 9.17) is 4.74 Å². The Balaban J connectivity index is 1.15. The topological polar surface area (TPSA) is 116 Å². The largest absolute Gasteiger partial charge is 0.508 e. The molecule has 8 heteroatoms. The van der Waals surface area contributed by atoms with Gasteiger partial charge in [0.25, 0.3) is 0 Å². The fourth-order valence-electron chi connectivity index (χ4n) is 5.18. The molecule has 0 radical (unpaired) electrons. The summed E-state index contributed by atoms with van der Waals surface area (Å²) in [5.74, 6) is 0.0393. The lowest BCUT2D eigenvalue weighted by molar-refractivity contribution is 0.126. The van der Waals surface area contributed by atoms with Crippen LogP contribution in [0.5, 0.6) is 5.75 Å². The normalized spacial score (nSPS) is 15.1. The summed E-state index contributed by atoms with van der Waals surface area (Å²) in [5, 5.41) is 32.2. The van der Waals surface area contributed by atoms with E-state index in [2.05, 4.69) is 5.32 Å². The highest BCUT2D eigenvalue weighted by molar-refractivity contribution is 7.92. The Kier molecular flexibility index (Phi) is 13.7. The number of sulfone groups is 1. The van der Waals surface area contributed by atoms with Gasteiger partial charge in [-0.25, -0.2) is 8.42 Å². The summed E-state index contributed by atoms with van der Waals surface area (Å²) in [6.45, 7) is 2.56. The van der Waals surface area contributed by atoms with Gasteiger partial charge in [0, 0.05) is 25.3 Å². The first-order chi connectivity index (χ1) is 18.9. The Hall–Kier alpha value is -1.97. The molecule has 2 aromatic carbocycles. The third-order valence-electron chi connectivity index (χ3n) is 7.61. The molecule has 0 spiro atoms. The Morgan fingerprint density at radius 1 is 0.923 bits per heavy atom. The van der Waals surface area contributed by atoms with E-state index in [1.54, 1.807) is 18.2 Å². The van der Waals surface area contributed by atoms with Crippen molar-refractivity contribution in [1.82, 2.24) is 5.32 Å². The second-order valence-corrected chi connectivity index (χ2v) is 12.9. The lowest BCUT2D eigenvalue weighted by Crippen LogP contribution is -2.22. The van der Waals surface area contributed by atoms with E-state index >= 15 is 0 Å². The first-order valence-electron chi connectivity index (χ1n) is 14.6. The molecule has 7 nitrogen and oxygen atoms in total. The molecule has 0 bridgehead atoms. The van der Waals surface area contributed by atoms with Crippen LogP contribution in [0.4, 0.5) is 0 Å². The Bertz CT molecular complexity index is 1080. The number of ether oxygens (including phenoxy) is 1. The Morgan fingerprint density at radius 2 is 1.64 bits per heavy atom. The summed E-state index contributed by atoms with van der Waals surface area (Å²) >= 11 is 0. The zero-order valence-corrected chi connectivity index (χ0v) is 24.0. The number of aliphatic hydroxyl groups is 2. The number of phenols is 1. The summed E-state index contributed by atoms with van der Waals surface area (Å²) in [6, 6.07) is 12.3. The van der Waals surface area contributed by atoms with E-state index in [-0.39, 0.29) is 17.6 Å². The van der Waals surface area contributed by atoms with Gasteiger partial charge < -0.3 is 25.4 Å². The van der Waals surface area contributed by atoms with Gasteiger partial charge in [-0.1, -0.05) is 50.3 Å². The number of unbranched alkanes of at least 4 members (excludes halogenated alkanes) is 5. The van der Waals surface area contributed by atoms with Crippen LogP contribution in [0, 0.1) is 0 Å². The van der Waals surface area contributed by atoms with E-state index in [0.717, 1.165) is 102 Å². The number of hydrogen-bond acceptors (Lipinski definition) is 7. The molecule has 2 aromatic rings. The van der Waals surface area contributed by atoms with Gasteiger partial charge in [0.2, 0.25) is 0 Å². The number of aliphatic hydroxyl groups excluding tert-OH is 2.